The Balaban J connectivity index is 1.49. The molecule has 1 aromatic carbocycles. The number of nitrogens with one attached hydrogen (secondary N) is 2. The molecule has 0 radical (unpaired) electrons. The largest absolute Gasteiger partial charge is 0.486 e. The zero-order chi connectivity index (χ0) is 21.4. The van der Waals surface area contributed by atoms with Crippen LogP contribution in [-0.2, 0) is 6.54 Å². The van der Waals surface area contributed by atoms with E-state index >= 15 is 0 Å². The van der Waals surface area contributed by atoms with Crippen LogP contribution in [0.3, 0.4) is 0 Å². The molecule has 31 heavy (non-hydrogen) atoms. The number of hydrogen-bond donors (Lipinski definition) is 2. The Bertz CT molecular complexity index is 1210. The lowest BCUT2D eigenvalue weighted by molar-refractivity contribution is 0.171. The van der Waals surface area contributed by atoms with Crippen molar-refractivity contribution in [2.75, 3.05) is 18.5 Å². The summed E-state index contributed by atoms with van der Waals surface area (Å²) in [5, 5.41) is 13.3. The Morgan fingerprint density at radius 3 is 2.74 bits per heavy atom. The Morgan fingerprint density at radius 2 is 1.97 bits per heavy atom. The van der Waals surface area contributed by atoms with Crippen LogP contribution in [0, 0.1) is 5.92 Å². The number of benzene rings is 1. The molecule has 0 unspecified atom stereocenters. The smallest absolute Gasteiger partial charge is 0.161 e. The molecule has 0 saturated heterocycles. The third kappa shape index (κ3) is 3.67. The van der Waals surface area contributed by atoms with Crippen molar-refractivity contribution in [1.29, 1.82) is 0 Å². The maximum atomic E-state index is 5.78. The first kappa shape index (κ1) is 19.3. The van der Waals surface area contributed by atoms with Crippen LogP contribution < -0.4 is 14.8 Å². The van der Waals surface area contributed by atoms with Gasteiger partial charge in [0.05, 0.1) is 29.9 Å². The first-order chi connectivity index (χ1) is 15.1. The van der Waals surface area contributed by atoms with Gasteiger partial charge >= 0.3 is 0 Å². The lowest BCUT2D eigenvalue weighted by Crippen LogP contribution is -2.19. The topological polar surface area (TPSA) is 103 Å². The summed E-state index contributed by atoms with van der Waals surface area (Å²) in [5.41, 5.74) is 3.51. The summed E-state index contributed by atoms with van der Waals surface area (Å²) < 4.78 is 11.4. The minimum Gasteiger partial charge on any atom is -0.486 e. The van der Waals surface area contributed by atoms with E-state index < -0.39 is 0 Å². The Hall–Kier alpha value is -3.62. The molecule has 0 amide bonds. The molecule has 0 saturated carbocycles. The second-order valence-corrected chi connectivity index (χ2v) is 7.86. The molecule has 9 nitrogen and oxygen atoms in total. The maximum Gasteiger partial charge on any atom is 0.161 e. The first-order valence-electron chi connectivity index (χ1n) is 10.5. The SMILES string of the molecule is CCn1ncc(-c2cc3c(N[C@@H](c4ccc5c(c4)OCCO5)C(C)C)ncnc3[nH]2)n1. The molecule has 1 atom stereocenters. The highest BCUT2D eigenvalue weighted by molar-refractivity contribution is 5.91. The van der Waals surface area contributed by atoms with E-state index in [0.29, 0.717) is 19.1 Å². The first-order valence-corrected chi connectivity index (χ1v) is 10.5. The van der Waals surface area contributed by atoms with E-state index in [1.807, 2.05) is 19.1 Å². The third-order valence-corrected chi connectivity index (χ3v) is 5.41. The second kappa shape index (κ2) is 7.90. The Labute approximate surface area is 179 Å². The quantitative estimate of drug-likeness (QED) is 0.490. The highest BCUT2D eigenvalue weighted by Gasteiger charge is 2.22. The van der Waals surface area contributed by atoms with Crippen LogP contribution in [0.4, 0.5) is 5.82 Å². The summed E-state index contributed by atoms with van der Waals surface area (Å²) in [6.07, 6.45) is 3.32. The Morgan fingerprint density at radius 1 is 1.13 bits per heavy atom. The molecule has 0 spiro atoms. The van der Waals surface area contributed by atoms with Gasteiger partial charge in [0.1, 0.15) is 36.7 Å². The van der Waals surface area contributed by atoms with E-state index in [-0.39, 0.29) is 6.04 Å². The van der Waals surface area contributed by atoms with Crippen molar-refractivity contribution in [3.8, 4) is 22.9 Å². The number of aromatic nitrogens is 6. The van der Waals surface area contributed by atoms with Crippen molar-refractivity contribution in [2.24, 2.45) is 5.92 Å². The van der Waals surface area contributed by atoms with Gasteiger partial charge < -0.3 is 19.8 Å². The second-order valence-electron chi connectivity index (χ2n) is 7.86. The number of fused-ring (bicyclic) bond motifs is 2. The number of anilines is 1. The zero-order valence-corrected chi connectivity index (χ0v) is 17.8. The molecule has 3 aromatic heterocycles. The van der Waals surface area contributed by atoms with Crippen LogP contribution in [0.1, 0.15) is 32.4 Å². The number of nitrogens with zero attached hydrogens (tertiary/aromatic N) is 5. The summed E-state index contributed by atoms with van der Waals surface area (Å²) in [7, 11) is 0. The van der Waals surface area contributed by atoms with E-state index in [2.05, 4.69) is 56.4 Å². The molecule has 0 fully saturated rings. The maximum absolute atomic E-state index is 5.78. The number of rotatable bonds is 6. The fourth-order valence-electron chi connectivity index (χ4n) is 3.80. The minimum atomic E-state index is 0.0354. The zero-order valence-electron chi connectivity index (χ0n) is 17.8. The van der Waals surface area contributed by atoms with E-state index in [4.69, 9.17) is 9.47 Å². The molecule has 4 heterocycles. The fourth-order valence-corrected chi connectivity index (χ4v) is 3.80. The van der Waals surface area contributed by atoms with Gasteiger partial charge in [-0.3, -0.25) is 0 Å². The predicted octanol–water partition coefficient (Wildman–Crippen LogP) is 3.82. The number of aryl methyl sites for hydroxylation is 1. The Kier molecular flexibility index (Phi) is 4.93. The molecule has 9 heteroatoms. The van der Waals surface area contributed by atoms with Crippen LogP contribution in [0.15, 0.2) is 36.8 Å². The van der Waals surface area contributed by atoms with Crippen LogP contribution in [0.25, 0.3) is 22.4 Å². The molecule has 2 N–H and O–H groups in total. The van der Waals surface area contributed by atoms with Gasteiger partial charge in [-0.25, -0.2) is 9.97 Å². The predicted molar refractivity (Wildman–Crippen MR) is 117 cm³/mol. The van der Waals surface area contributed by atoms with Crippen molar-refractivity contribution in [2.45, 2.75) is 33.4 Å². The van der Waals surface area contributed by atoms with E-state index in [1.54, 1.807) is 17.3 Å². The third-order valence-electron chi connectivity index (χ3n) is 5.41. The molecule has 4 aromatic rings. The van der Waals surface area contributed by atoms with Gasteiger partial charge in [-0.1, -0.05) is 19.9 Å². The standard InChI is InChI=1S/C22H25N7O2/c1-4-29-25-11-17(28-29)16-10-15-21(26-16)23-12-24-22(15)27-20(13(2)3)14-5-6-18-19(9-14)31-8-7-30-18/h5-6,9-13,20H,4,7-8H2,1-3H3,(H2,23,24,26,27)/t20-/m1/s1. The highest BCUT2D eigenvalue weighted by atomic mass is 16.6. The molecule has 1 aliphatic rings. The van der Waals surface area contributed by atoms with Gasteiger partial charge in [0.2, 0.25) is 0 Å². The summed E-state index contributed by atoms with van der Waals surface area (Å²) in [6, 6.07) is 8.16. The number of aromatic amines is 1. The monoisotopic (exact) mass is 419 g/mol. The van der Waals surface area contributed by atoms with Crippen molar-refractivity contribution in [3.05, 3.63) is 42.4 Å². The van der Waals surface area contributed by atoms with Crippen LogP contribution in [0.2, 0.25) is 0 Å². The highest BCUT2D eigenvalue weighted by Crippen LogP contribution is 2.36. The van der Waals surface area contributed by atoms with E-state index in [9.17, 15) is 0 Å². The molecule has 0 bridgehead atoms. The molecular formula is C22H25N7O2. The minimum absolute atomic E-state index is 0.0354. The molecule has 160 valence electrons. The normalized spacial score (nSPS) is 14.2. The lowest BCUT2D eigenvalue weighted by Gasteiger charge is -2.26. The fraction of sp³-hybridized carbons (Fsp3) is 0.364. The van der Waals surface area contributed by atoms with Crippen LogP contribution in [-0.4, -0.2) is 43.2 Å². The summed E-state index contributed by atoms with van der Waals surface area (Å²) in [6.45, 7) is 8.23. The van der Waals surface area contributed by atoms with Gasteiger partial charge in [-0.2, -0.15) is 15.0 Å². The average Bonchev–Trinajstić information content (AvgIpc) is 3.44. The van der Waals surface area contributed by atoms with Gasteiger partial charge in [-0.15, -0.1) is 0 Å². The van der Waals surface area contributed by atoms with Crippen LogP contribution in [0.5, 0.6) is 11.5 Å². The number of hydrogen-bond acceptors (Lipinski definition) is 7. The van der Waals surface area contributed by atoms with Gasteiger partial charge in [0, 0.05) is 0 Å². The average molecular weight is 419 g/mol. The van der Waals surface area contributed by atoms with Gasteiger partial charge in [-0.05, 0) is 36.6 Å². The van der Waals surface area contributed by atoms with Crippen molar-refractivity contribution in [3.63, 3.8) is 0 Å². The molecule has 5 rings (SSSR count). The number of ether oxygens (including phenoxy) is 2. The van der Waals surface area contributed by atoms with Crippen molar-refractivity contribution < 1.29 is 9.47 Å². The summed E-state index contributed by atoms with van der Waals surface area (Å²) in [4.78, 5) is 13.9. The van der Waals surface area contributed by atoms with E-state index in [0.717, 1.165) is 51.8 Å². The van der Waals surface area contributed by atoms with Crippen LogP contribution >= 0.6 is 0 Å². The summed E-state index contributed by atoms with van der Waals surface area (Å²) in [5.74, 6) is 2.66. The lowest BCUT2D eigenvalue weighted by atomic mass is 9.95. The van der Waals surface area contributed by atoms with Gasteiger partial charge in [0.25, 0.3) is 0 Å². The van der Waals surface area contributed by atoms with Gasteiger partial charge in [0.15, 0.2) is 11.5 Å². The van der Waals surface area contributed by atoms with Crippen molar-refractivity contribution in [1.82, 2.24) is 29.9 Å². The summed E-state index contributed by atoms with van der Waals surface area (Å²) >= 11 is 0. The van der Waals surface area contributed by atoms with Crippen molar-refractivity contribution >= 4 is 16.9 Å². The molecule has 1 aliphatic heterocycles. The molecule has 0 aliphatic carbocycles. The number of H-pyrrole nitrogens is 1. The molecular weight excluding hydrogens is 394 g/mol. The van der Waals surface area contributed by atoms with E-state index in [1.165, 1.54) is 0 Å².